The number of aliphatic hydroxyl groups is 1. The van der Waals surface area contributed by atoms with E-state index in [1.165, 1.54) is 24.3 Å². The molecule has 1 fully saturated rings. The van der Waals surface area contributed by atoms with E-state index in [9.17, 15) is 23.1 Å². The Hall–Kier alpha value is -1.31. The van der Waals surface area contributed by atoms with Crippen LogP contribution in [0.15, 0.2) is 30.3 Å². The van der Waals surface area contributed by atoms with E-state index in [4.69, 9.17) is 0 Å². The van der Waals surface area contributed by atoms with E-state index >= 15 is 0 Å². The number of halogens is 4. The van der Waals surface area contributed by atoms with Crippen LogP contribution in [0.1, 0.15) is 31.7 Å². The van der Waals surface area contributed by atoms with Crippen LogP contribution in [0.5, 0.6) is 0 Å². The largest absolute Gasteiger partial charge is 0.423 e. The van der Waals surface area contributed by atoms with E-state index in [-0.39, 0.29) is 30.3 Å². The molecule has 0 radical (unpaired) electrons. The lowest BCUT2D eigenvalue weighted by atomic mass is 9.85. The number of carbonyl (C=O) groups excluding carboxylic acids is 1. The van der Waals surface area contributed by atoms with Crippen LogP contribution in [0.25, 0.3) is 0 Å². The lowest BCUT2D eigenvalue weighted by Crippen LogP contribution is -2.51. The summed E-state index contributed by atoms with van der Waals surface area (Å²) in [5.41, 5.74) is -3.38. The Morgan fingerprint density at radius 1 is 1.35 bits per heavy atom. The molecule has 3 N–H and O–H groups in total. The molecule has 1 heterocycles. The molecule has 1 aliphatic rings. The van der Waals surface area contributed by atoms with Crippen LogP contribution in [-0.4, -0.2) is 36.8 Å². The van der Waals surface area contributed by atoms with Gasteiger partial charge in [0.25, 0.3) is 0 Å². The molecule has 0 bridgehead atoms. The van der Waals surface area contributed by atoms with Gasteiger partial charge < -0.3 is 15.7 Å². The van der Waals surface area contributed by atoms with Gasteiger partial charge in [0.05, 0.1) is 6.54 Å². The van der Waals surface area contributed by atoms with Gasteiger partial charge in [-0.2, -0.15) is 13.2 Å². The highest BCUT2D eigenvalue weighted by atomic mass is 35.5. The Kier molecular flexibility index (Phi) is 8.37. The molecule has 1 aromatic carbocycles. The van der Waals surface area contributed by atoms with E-state index in [0.29, 0.717) is 5.92 Å². The molecule has 3 atom stereocenters. The van der Waals surface area contributed by atoms with Crippen LogP contribution in [0, 0.1) is 11.8 Å². The van der Waals surface area contributed by atoms with Crippen molar-refractivity contribution in [2.45, 2.75) is 38.0 Å². The lowest BCUT2D eigenvalue weighted by molar-refractivity contribution is -0.264. The first kappa shape index (κ1) is 22.7. The zero-order chi connectivity index (χ0) is 18.5. The summed E-state index contributed by atoms with van der Waals surface area (Å²) in [6, 6.07) is 6.82. The molecule has 148 valence electrons. The zero-order valence-corrected chi connectivity index (χ0v) is 15.5. The van der Waals surface area contributed by atoms with E-state index in [1.54, 1.807) is 6.07 Å². The van der Waals surface area contributed by atoms with Crippen molar-refractivity contribution in [3.8, 4) is 0 Å². The molecular formula is C18H26ClF3N2O2. The van der Waals surface area contributed by atoms with Gasteiger partial charge in [0.1, 0.15) is 0 Å². The molecule has 0 aliphatic carbocycles. The first-order chi connectivity index (χ1) is 11.7. The Labute approximate surface area is 158 Å². The van der Waals surface area contributed by atoms with Crippen molar-refractivity contribution in [3.05, 3.63) is 35.9 Å². The molecule has 3 unspecified atom stereocenters. The number of benzene rings is 1. The number of hydrogen-bond donors (Lipinski definition) is 3. The molecule has 1 aromatic rings. The monoisotopic (exact) mass is 394 g/mol. The highest BCUT2D eigenvalue weighted by Gasteiger charge is 2.55. The number of amides is 1. The molecule has 1 saturated heterocycles. The highest BCUT2D eigenvalue weighted by molar-refractivity contribution is 5.85. The average molecular weight is 395 g/mol. The van der Waals surface area contributed by atoms with Gasteiger partial charge in [0.2, 0.25) is 11.5 Å². The Bertz CT molecular complexity index is 565. The van der Waals surface area contributed by atoms with Gasteiger partial charge in [0, 0.05) is 6.42 Å². The normalized spacial score (nSPS) is 21.2. The Balaban J connectivity index is 0.00000338. The topological polar surface area (TPSA) is 61.4 Å². The minimum atomic E-state index is -4.89. The third kappa shape index (κ3) is 5.59. The maximum absolute atomic E-state index is 13.4. The molecule has 4 nitrogen and oxygen atoms in total. The molecule has 2 rings (SSSR count). The van der Waals surface area contributed by atoms with Crippen molar-refractivity contribution in [2.24, 2.45) is 11.8 Å². The minimum Gasteiger partial charge on any atom is -0.375 e. The summed E-state index contributed by atoms with van der Waals surface area (Å²) < 4.78 is 40.2. The Morgan fingerprint density at radius 3 is 2.54 bits per heavy atom. The fourth-order valence-corrected chi connectivity index (χ4v) is 3.20. The SMILES string of the molecule is CC(CC(=O)NCC(O)(c1ccccc1)C(F)(F)F)C1CCCNC1.Cl. The molecule has 0 aromatic heterocycles. The number of rotatable bonds is 6. The molecule has 8 heteroatoms. The molecule has 0 spiro atoms. The van der Waals surface area contributed by atoms with Crippen LogP contribution in [0.2, 0.25) is 0 Å². The van der Waals surface area contributed by atoms with E-state index < -0.39 is 24.2 Å². The summed E-state index contributed by atoms with van der Waals surface area (Å²) in [5, 5.41) is 15.7. The van der Waals surface area contributed by atoms with Crippen LogP contribution < -0.4 is 10.6 Å². The molecule has 1 amide bonds. The summed E-state index contributed by atoms with van der Waals surface area (Å²) in [6.45, 7) is 2.83. The fourth-order valence-electron chi connectivity index (χ4n) is 3.20. The van der Waals surface area contributed by atoms with E-state index in [1.807, 2.05) is 6.92 Å². The van der Waals surface area contributed by atoms with Crippen LogP contribution in [0.3, 0.4) is 0 Å². The lowest BCUT2D eigenvalue weighted by Gasteiger charge is -2.32. The van der Waals surface area contributed by atoms with Crippen molar-refractivity contribution in [1.82, 2.24) is 10.6 Å². The quantitative estimate of drug-likeness (QED) is 0.695. The summed E-state index contributed by atoms with van der Waals surface area (Å²) in [7, 11) is 0. The van der Waals surface area contributed by atoms with Gasteiger partial charge >= 0.3 is 6.18 Å². The second-order valence-corrected chi connectivity index (χ2v) is 6.79. The first-order valence-corrected chi connectivity index (χ1v) is 8.56. The summed E-state index contributed by atoms with van der Waals surface area (Å²) in [6.07, 6.45) is -2.69. The number of carbonyl (C=O) groups is 1. The maximum atomic E-state index is 13.4. The number of nitrogens with one attached hydrogen (secondary N) is 2. The van der Waals surface area contributed by atoms with Crippen LogP contribution in [0.4, 0.5) is 13.2 Å². The van der Waals surface area contributed by atoms with E-state index in [2.05, 4.69) is 10.6 Å². The second kappa shape index (κ2) is 9.58. The number of hydrogen-bond acceptors (Lipinski definition) is 3. The van der Waals surface area contributed by atoms with Gasteiger partial charge in [-0.3, -0.25) is 4.79 Å². The van der Waals surface area contributed by atoms with Gasteiger partial charge in [0.15, 0.2) is 0 Å². The first-order valence-electron chi connectivity index (χ1n) is 8.56. The summed E-state index contributed by atoms with van der Waals surface area (Å²) in [5.74, 6) is -0.0599. The average Bonchev–Trinajstić information content (AvgIpc) is 2.60. The summed E-state index contributed by atoms with van der Waals surface area (Å²) >= 11 is 0. The Morgan fingerprint density at radius 2 is 2.00 bits per heavy atom. The highest BCUT2D eigenvalue weighted by Crippen LogP contribution is 2.38. The van der Waals surface area contributed by atoms with Crippen molar-refractivity contribution in [2.75, 3.05) is 19.6 Å². The predicted octanol–water partition coefficient (Wildman–Crippen LogP) is 3.00. The smallest absolute Gasteiger partial charge is 0.375 e. The van der Waals surface area contributed by atoms with Crippen LogP contribution in [-0.2, 0) is 10.4 Å². The van der Waals surface area contributed by atoms with Gasteiger partial charge in [-0.25, -0.2) is 0 Å². The minimum absolute atomic E-state index is 0. The van der Waals surface area contributed by atoms with Gasteiger partial charge in [-0.1, -0.05) is 37.3 Å². The van der Waals surface area contributed by atoms with Crippen molar-refractivity contribution in [3.63, 3.8) is 0 Å². The summed E-state index contributed by atoms with van der Waals surface area (Å²) in [4.78, 5) is 12.1. The third-order valence-electron chi connectivity index (χ3n) is 4.91. The number of piperidine rings is 1. The van der Waals surface area contributed by atoms with Crippen molar-refractivity contribution in [1.29, 1.82) is 0 Å². The maximum Gasteiger partial charge on any atom is 0.423 e. The zero-order valence-electron chi connectivity index (χ0n) is 14.7. The third-order valence-corrected chi connectivity index (χ3v) is 4.91. The standard InChI is InChI=1S/C18H25F3N2O2.ClH/c1-13(14-6-5-9-22-11-14)10-16(24)23-12-17(25,18(19,20)21)15-7-3-2-4-8-15;/h2-4,7-8,13-14,22,25H,5-6,9-12H2,1H3,(H,23,24);1H. The van der Waals surface area contributed by atoms with Crippen molar-refractivity contribution >= 4 is 18.3 Å². The fraction of sp³-hybridized carbons (Fsp3) is 0.611. The van der Waals surface area contributed by atoms with Crippen LogP contribution >= 0.6 is 12.4 Å². The second-order valence-electron chi connectivity index (χ2n) is 6.79. The molecule has 26 heavy (non-hydrogen) atoms. The predicted molar refractivity (Wildman–Crippen MR) is 96.0 cm³/mol. The molecular weight excluding hydrogens is 369 g/mol. The van der Waals surface area contributed by atoms with Gasteiger partial charge in [-0.15, -0.1) is 12.4 Å². The van der Waals surface area contributed by atoms with E-state index in [0.717, 1.165) is 25.9 Å². The van der Waals surface area contributed by atoms with Crippen molar-refractivity contribution < 1.29 is 23.1 Å². The molecule has 0 saturated carbocycles. The molecule has 1 aliphatic heterocycles. The number of alkyl halides is 3. The van der Waals surface area contributed by atoms with Gasteiger partial charge in [-0.05, 0) is 43.3 Å².